The van der Waals surface area contributed by atoms with Crippen LogP contribution < -0.4 is 19.6 Å². The van der Waals surface area contributed by atoms with Crippen molar-refractivity contribution < 1.29 is 23.4 Å². The molecular weight excluding hydrogens is 583 g/mol. The van der Waals surface area contributed by atoms with Gasteiger partial charge in [0.25, 0.3) is 5.91 Å². The molecule has 0 atom stereocenters. The minimum absolute atomic E-state index is 0.158. The third-order valence-electron chi connectivity index (χ3n) is 4.54. The number of hydrazone groups is 1. The van der Waals surface area contributed by atoms with Crippen LogP contribution in [-0.4, -0.2) is 25.3 Å². The van der Waals surface area contributed by atoms with Gasteiger partial charge in [-0.25, -0.2) is 9.82 Å². The van der Waals surface area contributed by atoms with Crippen molar-refractivity contribution in [2.75, 3.05) is 13.2 Å². The smallest absolute Gasteiger partial charge is 0.271 e. The molecule has 0 saturated heterocycles. The molecule has 0 aliphatic heterocycles. The molecule has 0 heterocycles. The first-order valence-corrected chi connectivity index (χ1v) is 12.2. The van der Waals surface area contributed by atoms with E-state index in [4.69, 9.17) is 14.2 Å². The molecule has 0 unspecified atom stereocenters. The summed E-state index contributed by atoms with van der Waals surface area (Å²) in [7, 11) is 0. The van der Waals surface area contributed by atoms with Crippen LogP contribution in [0.5, 0.6) is 17.2 Å². The number of hydrogen-bond acceptors (Lipinski definition) is 5. The van der Waals surface area contributed by atoms with E-state index >= 15 is 0 Å². The molecule has 6 nitrogen and oxygen atoms in total. The lowest BCUT2D eigenvalue weighted by atomic mass is 10.2. The Hall–Kier alpha value is -3.17. The number of hydrogen-bond donors (Lipinski definition) is 1. The number of ether oxygens (including phenoxy) is 3. The van der Waals surface area contributed by atoms with Crippen molar-refractivity contribution in [2.45, 2.75) is 13.5 Å². The average molecular weight is 606 g/mol. The zero-order chi connectivity index (χ0) is 25.2. The summed E-state index contributed by atoms with van der Waals surface area (Å²) in [6.45, 7) is 6.37. The number of carbonyl (C=O) groups is 1. The molecule has 0 aliphatic carbocycles. The van der Waals surface area contributed by atoms with Crippen LogP contribution >= 0.6 is 31.9 Å². The SMILES string of the molecule is C=CCOc1ccc(C(=O)N/N=C/c2cc(Br)cc(Br)c2OCc2cccc(F)c2)cc1OCC. The summed E-state index contributed by atoms with van der Waals surface area (Å²) in [5, 5.41) is 4.09. The van der Waals surface area contributed by atoms with Gasteiger partial charge in [-0.15, -0.1) is 0 Å². The quantitative estimate of drug-likeness (QED) is 0.151. The van der Waals surface area contributed by atoms with Gasteiger partial charge >= 0.3 is 0 Å². The number of rotatable bonds is 11. The van der Waals surface area contributed by atoms with Gasteiger partial charge in [0, 0.05) is 15.6 Å². The minimum atomic E-state index is -0.422. The van der Waals surface area contributed by atoms with Crippen LogP contribution in [0.2, 0.25) is 0 Å². The third kappa shape index (κ3) is 7.66. The molecular formula is C26H23Br2FN2O4. The molecule has 0 fully saturated rings. The van der Waals surface area contributed by atoms with E-state index in [1.807, 2.05) is 13.0 Å². The summed E-state index contributed by atoms with van der Waals surface area (Å²) in [4.78, 5) is 12.7. The van der Waals surface area contributed by atoms with Crippen LogP contribution in [0, 0.1) is 5.82 Å². The zero-order valence-corrected chi connectivity index (χ0v) is 22.1. The highest BCUT2D eigenvalue weighted by atomic mass is 79.9. The van der Waals surface area contributed by atoms with Crippen LogP contribution in [0.1, 0.15) is 28.4 Å². The molecule has 0 aliphatic rings. The largest absolute Gasteiger partial charge is 0.490 e. The Kier molecular flexibility index (Phi) is 9.86. The number of benzene rings is 3. The van der Waals surface area contributed by atoms with Crippen molar-refractivity contribution in [3.8, 4) is 17.2 Å². The maximum absolute atomic E-state index is 13.5. The molecule has 3 rings (SSSR count). The van der Waals surface area contributed by atoms with Gasteiger partial charge in [-0.1, -0.05) is 40.7 Å². The summed E-state index contributed by atoms with van der Waals surface area (Å²) in [5.74, 6) is 0.714. The third-order valence-corrected chi connectivity index (χ3v) is 5.59. The van der Waals surface area contributed by atoms with Crippen LogP contribution in [0.4, 0.5) is 4.39 Å². The van der Waals surface area contributed by atoms with Crippen LogP contribution in [0.3, 0.4) is 0 Å². The highest BCUT2D eigenvalue weighted by Crippen LogP contribution is 2.33. The van der Waals surface area contributed by atoms with E-state index in [1.165, 1.54) is 18.3 Å². The molecule has 35 heavy (non-hydrogen) atoms. The predicted octanol–water partition coefficient (Wildman–Crippen LogP) is 6.66. The van der Waals surface area contributed by atoms with E-state index in [0.29, 0.717) is 51.6 Å². The lowest BCUT2D eigenvalue weighted by molar-refractivity contribution is 0.0954. The van der Waals surface area contributed by atoms with Gasteiger partial charge < -0.3 is 14.2 Å². The van der Waals surface area contributed by atoms with E-state index in [9.17, 15) is 9.18 Å². The van der Waals surface area contributed by atoms with E-state index in [0.717, 1.165) is 4.47 Å². The second-order valence-electron chi connectivity index (χ2n) is 7.12. The van der Waals surface area contributed by atoms with E-state index in [2.05, 4.69) is 49.0 Å². The molecule has 1 N–H and O–H groups in total. The van der Waals surface area contributed by atoms with Crippen LogP contribution in [0.15, 0.2) is 81.3 Å². The molecule has 0 bridgehead atoms. The fourth-order valence-corrected chi connectivity index (χ4v) is 4.39. The minimum Gasteiger partial charge on any atom is -0.490 e. The zero-order valence-electron chi connectivity index (χ0n) is 18.9. The fourth-order valence-electron chi connectivity index (χ4n) is 3.02. The summed E-state index contributed by atoms with van der Waals surface area (Å²) in [6.07, 6.45) is 3.10. The van der Waals surface area contributed by atoms with Crippen molar-refractivity contribution >= 4 is 44.0 Å². The summed E-state index contributed by atoms with van der Waals surface area (Å²) in [5.41, 5.74) is 4.15. The first-order valence-electron chi connectivity index (χ1n) is 10.6. The predicted molar refractivity (Wildman–Crippen MR) is 141 cm³/mol. The topological polar surface area (TPSA) is 69.2 Å². The molecule has 0 aromatic heterocycles. The number of carbonyl (C=O) groups excluding carboxylic acids is 1. The molecule has 1 amide bonds. The number of nitrogens with zero attached hydrogens (tertiary/aromatic N) is 1. The lowest BCUT2D eigenvalue weighted by Crippen LogP contribution is -2.18. The van der Waals surface area contributed by atoms with Gasteiger partial charge in [0.15, 0.2) is 11.5 Å². The maximum atomic E-state index is 13.5. The van der Waals surface area contributed by atoms with E-state index < -0.39 is 5.91 Å². The van der Waals surface area contributed by atoms with Gasteiger partial charge in [-0.2, -0.15) is 5.10 Å². The Morgan fingerprint density at radius 2 is 1.91 bits per heavy atom. The monoisotopic (exact) mass is 604 g/mol. The molecule has 0 saturated carbocycles. The molecule has 3 aromatic carbocycles. The van der Waals surface area contributed by atoms with Crippen molar-refractivity contribution in [1.29, 1.82) is 0 Å². The summed E-state index contributed by atoms with van der Waals surface area (Å²) >= 11 is 6.92. The molecule has 182 valence electrons. The Bertz CT molecular complexity index is 1230. The average Bonchev–Trinajstić information content (AvgIpc) is 2.82. The van der Waals surface area contributed by atoms with Gasteiger partial charge in [0.05, 0.1) is 17.3 Å². The van der Waals surface area contributed by atoms with E-state index in [1.54, 1.807) is 42.5 Å². The Labute approximate surface area is 220 Å². The van der Waals surface area contributed by atoms with Crippen molar-refractivity contribution in [3.63, 3.8) is 0 Å². The van der Waals surface area contributed by atoms with Gasteiger partial charge in [0.1, 0.15) is 24.8 Å². The fraction of sp³-hybridized carbons (Fsp3) is 0.154. The maximum Gasteiger partial charge on any atom is 0.271 e. The van der Waals surface area contributed by atoms with Crippen LogP contribution in [0.25, 0.3) is 0 Å². The summed E-state index contributed by atoms with van der Waals surface area (Å²) < 4.78 is 32.0. The van der Waals surface area contributed by atoms with Crippen molar-refractivity contribution in [2.24, 2.45) is 5.10 Å². The highest BCUT2D eigenvalue weighted by Gasteiger charge is 2.13. The normalized spacial score (nSPS) is 10.7. The molecule has 3 aromatic rings. The van der Waals surface area contributed by atoms with E-state index in [-0.39, 0.29) is 12.4 Å². The standard InChI is InChI=1S/C26H23Br2FN2O4/c1-3-10-34-23-9-8-18(13-24(23)33-4-2)26(32)31-30-15-19-12-20(27)14-22(28)25(19)35-16-17-6-5-7-21(29)11-17/h3,5-9,11-15H,1,4,10,16H2,2H3,(H,31,32)/b30-15+. The second-order valence-corrected chi connectivity index (χ2v) is 8.89. The first kappa shape index (κ1) is 26.4. The lowest BCUT2D eigenvalue weighted by Gasteiger charge is -2.13. The first-order chi connectivity index (χ1) is 16.9. The number of halogens is 3. The second kappa shape index (κ2) is 13.1. The number of amides is 1. The van der Waals surface area contributed by atoms with Crippen molar-refractivity contribution in [1.82, 2.24) is 5.43 Å². The summed E-state index contributed by atoms with van der Waals surface area (Å²) in [6, 6.07) is 14.7. The molecule has 0 radical (unpaired) electrons. The van der Waals surface area contributed by atoms with Crippen LogP contribution in [-0.2, 0) is 6.61 Å². The van der Waals surface area contributed by atoms with Gasteiger partial charge in [-0.3, -0.25) is 4.79 Å². The number of nitrogens with one attached hydrogen (secondary N) is 1. The molecule has 0 spiro atoms. The molecule has 9 heteroatoms. The van der Waals surface area contributed by atoms with Gasteiger partial charge in [-0.05, 0) is 70.9 Å². The Balaban J connectivity index is 1.74. The van der Waals surface area contributed by atoms with Gasteiger partial charge in [0.2, 0.25) is 0 Å². The Morgan fingerprint density at radius 3 is 2.66 bits per heavy atom. The Morgan fingerprint density at radius 1 is 1.09 bits per heavy atom. The van der Waals surface area contributed by atoms with Crippen molar-refractivity contribution in [3.05, 3.63) is 98.7 Å². The highest BCUT2D eigenvalue weighted by molar-refractivity contribution is 9.11.